The number of hydrogen-bond donors (Lipinski definition) is 0. The molecule has 0 aliphatic carbocycles. The fourth-order valence-corrected chi connectivity index (χ4v) is 0.440. The molecule has 0 heterocycles. The van der Waals surface area contributed by atoms with Gasteiger partial charge in [-0.15, -0.1) is 0 Å². The zero-order valence-corrected chi connectivity index (χ0v) is 6.85. The molecule has 1 radical (unpaired) electrons. The van der Waals surface area contributed by atoms with Gasteiger partial charge < -0.3 is 4.74 Å². The summed E-state index contributed by atoms with van der Waals surface area (Å²) in [6.45, 7) is 11.3. The van der Waals surface area contributed by atoms with Crippen molar-refractivity contribution in [3.05, 3.63) is 6.61 Å². The first-order valence-corrected chi connectivity index (χ1v) is 3.58. The van der Waals surface area contributed by atoms with E-state index in [1.807, 2.05) is 6.61 Å². The molecule has 0 spiro atoms. The molecule has 0 atom stereocenters. The Morgan fingerprint density at radius 3 is 2.11 bits per heavy atom. The van der Waals surface area contributed by atoms with E-state index in [4.69, 9.17) is 4.74 Å². The average Bonchev–Trinajstić information content (AvgIpc) is 1.63. The normalized spacial score (nSPS) is 11.3. The highest BCUT2D eigenvalue weighted by atomic mass is 16.5. The lowest BCUT2D eigenvalue weighted by atomic mass is 10.2. The molecule has 1 heteroatoms. The molecular weight excluding hydrogens is 112 g/mol. The maximum Gasteiger partial charge on any atom is 0.0862 e. The van der Waals surface area contributed by atoms with Crippen molar-refractivity contribution in [3.8, 4) is 0 Å². The lowest BCUT2D eigenvalue weighted by Crippen LogP contribution is -2.02. The number of hydrogen-bond acceptors (Lipinski definition) is 1. The standard InChI is InChI=1S/C8H17O/c1-7(2)5-9-6-8(3)4/h5,7-8H,6H2,1-4H3. The van der Waals surface area contributed by atoms with Crippen molar-refractivity contribution < 1.29 is 4.74 Å². The van der Waals surface area contributed by atoms with Crippen LogP contribution in [0.2, 0.25) is 0 Å². The third-order valence-electron chi connectivity index (χ3n) is 0.798. The first kappa shape index (κ1) is 8.96. The predicted molar refractivity (Wildman–Crippen MR) is 39.9 cm³/mol. The summed E-state index contributed by atoms with van der Waals surface area (Å²) < 4.78 is 5.23. The molecule has 1 nitrogen and oxygen atoms in total. The summed E-state index contributed by atoms with van der Waals surface area (Å²) in [5.74, 6) is 1.18. The summed E-state index contributed by atoms with van der Waals surface area (Å²) in [4.78, 5) is 0. The van der Waals surface area contributed by atoms with E-state index in [9.17, 15) is 0 Å². The average molecular weight is 129 g/mol. The van der Waals surface area contributed by atoms with Crippen LogP contribution in [0.1, 0.15) is 27.7 Å². The quantitative estimate of drug-likeness (QED) is 0.566. The molecule has 0 unspecified atom stereocenters. The molecule has 0 N–H and O–H groups in total. The van der Waals surface area contributed by atoms with Crippen molar-refractivity contribution in [2.75, 3.05) is 6.61 Å². The third kappa shape index (κ3) is 7.96. The SMILES string of the molecule is CC(C)[CH]OCC(C)C. The van der Waals surface area contributed by atoms with E-state index in [0.29, 0.717) is 11.8 Å². The Morgan fingerprint density at radius 1 is 1.22 bits per heavy atom. The van der Waals surface area contributed by atoms with Gasteiger partial charge in [-0.25, -0.2) is 0 Å². The van der Waals surface area contributed by atoms with Crippen molar-refractivity contribution in [2.24, 2.45) is 11.8 Å². The first-order valence-electron chi connectivity index (χ1n) is 3.58. The maximum absolute atomic E-state index is 5.23. The summed E-state index contributed by atoms with van der Waals surface area (Å²) in [6, 6.07) is 0. The summed E-state index contributed by atoms with van der Waals surface area (Å²) in [5, 5.41) is 0. The van der Waals surface area contributed by atoms with Gasteiger partial charge in [0.25, 0.3) is 0 Å². The number of rotatable bonds is 4. The van der Waals surface area contributed by atoms with Crippen LogP contribution in [0.4, 0.5) is 0 Å². The van der Waals surface area contributed by atoms with E-state index < -0.39 is 0 Å². The Bertz CT molecular complexity index is 49.6. The van der Waals surface area contributed by atoms with E-state index in [2.05, 4.69) is 27.7 Å². The smallest absolute Gasteiger partial charge is 0.0862 e. The number of ether oxygens (including phenoxy) is 1. The van der Waals surface area contributed by atoms with E-state index in [0.717, 1.165) is 6.61 Å². The van der Waals surface area contributed by atoms with Gasteiger partial charge >= 0.3 is 0 Å². The van der Waals surface area contributed by atoms with Crippen molar-refractivity contribution in [2.45, 2.75) is 27.7 Å². The van der Waals surface area contributed by atoms with Gasteiger partial charge in [0.15, 0.2) is 0 Å². The molecule has 0 aliphatic rings. The van der Waals surface area contributed by atoms with E-state index in [1.165, 1.54) is 0 Å². The second-order valence-corrected chi connectivity index (χ2v) is 3.11. The van der Waals surface area contributed by atoms with Gasteiger partial charge in [-0.1, -0.05) is 27.7 Å². The molecular formula is C8H17O. The molecule has 0 rings (SSSR count). The zero-order chi connectivity index (χ0) is 7.28. The highest BCUT2D eigenvalue weighted by Crippen LogP contribution is 2.01. The molecule has 0 aliphatic heterocycles. The van der Waals surface area contributed by atoms with Gasteiger partial charge in [-0.3, -0.25) is 0 Å². The minimum absolute atomic E-state index is 0.545. The van der Waals surface area contributed by atoms with Crippen LogP contribution in [-0.4, -0.2) is 6.61 Å². The topological polar surface area (TPSA) is 9.23 Å². The third-order valence-corrected chi connectivity index (χ3v) is 0.798. The van der Waals surface area contributed by atoms with Gasteiger partial charge in [0.05, 0.1) is 6.61 Å². The minimum Gasteiger partial charge on any atom is -0.375 e. The molecule has 0 amide bonds. The van der Waals surface area contributed by atoms with Gasteiger partial charge in [-0.05, 0) is 11.8 Å². The van der Waals surface area contributed by atoms with Crippen molar-refractivity contribution in [3.63, 3.8) is 0 Å². The molecule has 0 aromatic carbocycles. The second-order valence-electron chi connectivity index (χ2n) is 3.11. The van der Waals surface area contributed by atoms with Crippen LogP contribution in [0.15, 0.2) is 0 Å². The molecule has 9 heavy (non-hydrogen) atoms. The lowest BCUT2D eigenvalue weighted by molar-refractivity contribution is 0.146. The fraction of sp³-hybridized carbons (Fsp3) is 0.875. The molecule has 0 aromatic rings. The van der Waals surface area contributed by atoms with E-state index >= 15 is 0 Å². The largest absolute Gasteiger partial charge is 0.375 e. The molecule has 0 saturated heterocycles. The summed E-state index contributed by atoms with van der Waals surface area (Å²) >= 11 is 0. The first-order chi connectivity index (χ1) is 4.13. The highest BCUT2D eigenvalue weighted by Gasteiger charge is 1.96. The molecule has 55 valence electrons. The molecule has 0 bridgehead atoms. The Kier molecular flexibility index (Phi) is 4.78. The summed E-state index contributed by atoms with van der Waals surface area (Å²) in [7, 11) is 0. The van der Waals surface area contributed by atoms with Crippen LogP contribution >= 0.6 is 0 Å². The summed E-state index contributed by atoms with van der Waals surface area (Å²) in [6.07, 6.45) is 0. The fourth-order valence-electron chi connectivity index (χ4n) is 0.440. The molecule has 0 saturated carbocycles. The zero-order valence-electron chi connectivity index (χ0n) is 6.85. The van der Waals surface area contributed by atoms with Crippen LogP contribution in [0.5, 0.6) is 0 Å². The Hall–Kier alpha value is -0.0400. The van der Waals surface area contributed by atoms with Crippen LogP contribution in [0.3, 0.4) is 0 Å². The Balaban J connectivity index is 2.91. The second kappa shape index (κ2) is 4.80. The monoisotopic (exact) mass is 129 g/mol. The molecule has 0 aromatic heterocycles. The van der Waals surface area contributed by atoms with Crippen LogP contribution < -0.4 is 0 Å². The molecule has 0 fully saturated rings. The maximum atomic E-state index is 5.23. The Morgan fingerprint density at radius 2 is 1.78 bits per heavy atom. The van der Waals surface area contributed by atoms with Crippen molar-refractivity contribution >= 4 is 0 Å². The van der Waals surface area contributed by atoms with Gasteiger partial charge in [-0.2, -0.15) is 0 Å². The van der Waals surface area contributed by atoms with E-state index in [-0.39, 0.29) is 0 Å². The van der Waals surface area contributed by atoms with Crippen LogP contribution in [0, 0.1) is 18.4 Å². The van der Waals surface area contributed by atoms with Crippen LogP contribution in [-0.2, 0) is 4.74 Å². The van der Waals surface area contributed by atoms with E-state index in [1.54, 1.807) is 0 Å². The van der Waals surface area contributed by atoms with Crippen LogP contribution in [0.25, 0.3) is 0 Å². The lowest BCUT2D eigenvalue weighted by Gasteiger charge is -2.07. The highest BCUT2D eigenvalue weighted by molar-refractivity contribution is 4.55. The Labute approximate surface area is 58.4 Å². The minimum atomic E-state index is 0.545. The van der Waals surface area contributed by atoms with Gasteiger partial charge in [0.2, 0.25) is 0 Å². The van der Waals surface area contributed by atoms with Crippen molar-refractivity contribution in [1.29, 1.82) is 0 Å². The van der Waals surface area contributed by atoms with Gasteiger partial charge in [0.1, 0.15) is 0 Å². The van der Waals surface area contributed by atoms with Gasteiger partial charge in [0, 0.05) is 6.61 Å². The van der Waals surface area contributed by atoms with Crippen molar-refractivity contribution in [1.82, 2.24) is 0 Å². The summed E-state index contributed by atoms with van der Waals surface area (Å²) in [5.41, 5.74) is 0. The predicted octanol–water partition coefficient (Wildman–Crippen LogP) is 2.48.